The SMILES string of the molecule is Cc1cc(F)cc(C)c1C(O)c1cccc(F)c1Cl. The van der Waals surface area contributed by atoms with Crippen LogP contribution in [0.1, 0.15) is 28.4 Å². The van der Waals surface area contributed by atoms with Crippen LogP contribution >= 0.6 is 11.6 Å². The second kappa shape index (κ2) is 5.27. The van der Waals surface area contributed by atoms with Crippen molar-refractivity contribution in [3.05, 3.63) is 69.2 Å². The van der Waals surface area contributed by atoms with Gasteiger partial charge in [0.2, 0.25) is 0 Å². The van der Waals surface area contributed by atoms with Crippen LogP contribution in [0.15, 0.2) is 30.3 Å². The first-order valence-corrected chi connectivity index (χ1v) is 6.18. The molecular weight excluding hydrogens is 270 g/mol. The van der Waals surface area contributed by atoms with Crippen molar-refractivity contribution < 1.29 is 13.9 Å². The van der Waals surface area contributed by atoms with Crippen molar-refractivity contribution in [2.24, 2.45) is 0 Å². The highest BCUT2D eigenvalue weighted by molar-refractivity contribution is 6.31. The Morgan fingerprint density at radius 3 is 2.26 bits per heavy atom. The van der Waals surface area contributed by atoms with E-state index >= 15 is 0 Å². The van der Waals surface area contributed by atoms with Crippen LogP contribution in [0.5, 0.6) is 0 Å². The predicted molar refractivity (Wildman–Crippen MR) is 71.3 cm³/mol. The van der Waals surface area contributed by atoms with Gasteiger partial charge in [-0.25, -0.2) is 8.78 Å². The van der Waals surface area contributed by atoms with Gasteiger partial charge in [0, 0.05) is 5.56 Å². The van der Waals surface area contributed by atoms with E-state index in [0.29, 0.717) is 16.7 Å². The first-order valence-electron chi connectivity index (χ1n) is 5.80. The molecular formula is C15H13ClF2O. The van der Waals surface area contributed by atoms with Gasteiger partial charge in [-0.2, -0.15) is 0 Å². The van der Waals surface area contributed by atoms with Crippen LogP contribution in [0.3, 0.4) is 0 Å². The molecule has 2 rings (SSSR count). The standard InChI is InChI=1S/C15H13ClF2O/c1-8-6-10(17)7-9(2)13(8)15(19)11-4-3-5-12(18)14(11)16/h3-7,15,19H,1-2H3. The van der Waals surface area contributed by atoms with E-state index < -0.39 is 11.9 Å². The van der Waals surface area contributed by atoms with Crippen molar-refractivity contribution in [3.8, 4) is 0 Å². The normalized spacial score (nSPS) is 12.5. The maximum absolute atomic E-state index is 13.4. The van der Waals surface area contributed by atoms with Gasteiger partial charge in [-0.1, -0.05) is 23.7 Å². The number of hydrogen-bond donors (Lipinski definition) is 1. The van der Waals surface area contributed by atoms with Crippen LogP contribution in [0.25, 0.3) is 0 Å². The number of aryl methyl sites for hydroxylation is 2. The molecule has 0 fully saturated rings. The molecule has 0 bridgehead atoms. The van der Waals surface area contributed by atoms with E-state index in [1.807, 2.05) is 0 Å². The molecule has 0 saturated carbocycles. The molecule has 0 aromatic heterocycles. The molecule has 4 heteroatoms. The van der Waals surface area contributed by atoms with Gasteiger partial charge in [-0.15, -0.1) is 0 Å². The molecule has 2 aromatic carbocycles. The lowest BCUT2D eigenvalue weighted by Gasteiger charge is -2.18. The van der Waals surface area contributed by atoms with Gasteiger partial charge in [0.15, 0.2) is 0 Å². The quantitative estimate of drug-likeness (QED) is 0.870. The number of halogens is 3. The first kappa shape index (κ1) is 14.0. The van der Waals surface area contributed by atoms with Crippen LogP contribution in [-0.2, 0) is 0 Å². The van der Waals surface area contributed by atoms with Crippen LogP contribution in [0.2, 0.25) is 5.02 Å². The molecule has 0 saturated heterocycles. The van der Waals surface area contributed by atoms with E-state index in [2.05, 4.69) is 0 Å². The highest BCUT2D eigenvalue weighted by Gasteiger charge is 2.20. The van der Waals surface area contributed by atoms with Crippen LogP contribution in [0, 0.1) is 25.5 Å². The Kier molecular flexibility index (Phi) is 3.88. The molecule has 19 heavy (non-hydrogen) atoms. The summed E-state index contributed by atoms with van der Waals surface area (Å²) in [6.07, 6.45) is -1.08. The van der Waals surface area contributed by atoms with Crippen molar-refractivity contribution >= 4 is 11.6 Å². The highest BCUT2D eigenvalue weighted by Crippen LogP contribution is 2.33. The van der Waals surface area contributed by atoms with Gasteiger partial charge in [0.25, 0.3) is 0 Å². The minimum absolute atomic E-state index is 0.113. The molecule has 0 aliphatic carbocycles. The Morgan fingerprint density at radius 1 is 1.11 bits per heavy atom. The monoisotopic (exact) mass is 282 g/mol. The number of aliphatic hydroxyl groups excluding tert-OH is 1. The molecule has 0 heterocycles. The molecule has 0 amide bonds. The molecule has 1 unspecified atom stereocenters. The fourth-order valence-electron chi connectivity index (χ4n) is 2.24. The summed E-state index contributed by atoms with van der Waals surface area (Å²) in [6, 6.07) is 6.92. The van der Waals surface area contributed by atoms with Gasteiger partial charge in [-0.05, 0) is 48.7 Å². The lowest BCUT2D eigenvalue weighted by molar-refractivity contribution is 0.218. The molecule has 0 radical (unpaired) electrons. The zero-order valence-corrected chi connectivity index (χ0v) is 11.3. The highest BCUT2D eigenvalue weighted by atomic mass is 35.5. The molecule has 1 atom stereocenters. The topological polar surface area (TPSA) is 20.2 Å². The van der Waals surface area contributed by atoms with E-state index in [9.17, 15) is 13.9 Å². The number of hydrogen-bond acceptors (Lipinski definition) is 1. The molecule has 1 N–H and O–H groups in total. The molecule has 0 aliphatic rings. The lowest BCUT2D eigenvalue weighted by Crippen LogP contribution is -2.06. The third-order valence-corrected chi connectivity index (χ3v) is 3.51. The molecule has 100 valence electrons. The van der Waals surface area contributed by atoms with E-state index in [-0.39, 0.29) is 16.4 Å². The summed E-state index contributed by atoms with van der Waals surface area (Å²) in [7, 11) is 0. The maximum Gasteiger partial charge on any atom is 0.142 e. The fourth-order valence-corrected chi connectivity index (χ4v) is 2.47. The first-order chi connectivity index (χ1) is 8.91. The largest absolute Gasteiger partial charge is 0.384 e. The number of rotatable bonds is 2. The van der Waals surface area contributed by atoms with Gasteiger partial charge in [-0.3, -0.25) is 0 Å². The second-order valence-electron chi connectivity index (χ2n) is 4.50. The van der Waals surface area contributed by atoms with E-state index in [0.717, 1.165) is 0 Å². The summed E-state index contributed by atoms with van der Waals surface area (Å²) in [6.45, 7) is 3.39. The minimum Gasteiger partial charge on any atom is -0.384 e. The summed E-state index contributed by atoms with van der Waals surface area (Å²) in [5.74, 6) is -0.952. The summed E-state index contributed by atoms with van der Waals surface area (Å²) in [5.41, 5.74) is 2.03. The lowest BCUT2D eigenvalue weighted by atomic mass is 9.93. The van der Waals surface area contributed by atoms with E-state index in [4.69, 9.17) is 11.6 Å². The van der Waals surface area contributed by atoms with Crippen molar-refractivity contribution in [2.45, 2.75) is 20.0 Å². The summed E-state index contributed by atoms with van der Waals surface area (Å²) in [5, 5.41) is 10.3. The molecule has 0 spiro atoms. The van der Waals surface area contributed by atoms with Gasteiger partial charge in [0.05, 0.1) is 5.02 Å². The van der Waals surface area contributed by atoms with Gasteiger partial charge >= 0.3 is 0 Å². The van der Waals surface area contributed by atoms with Crippen molar-refractivity contribution in [1.82, 2.24) is 0 Å². The second-order valence-corrected chi connectivity index (χ2v) is 4.88. The van der Waals surface area contributed by atoms with Gasteiger partial charge < -0.3 is 5.11 Å². The Hall–Kier alpha value is -1.45. The van der Waals surface area contributed by atoms with E-state index in [1.165, 1.54) is 24.3 Å². The number of aliphatic hydroxyl groups is 1. The minimum atomic E-state index is -1.08. The van der Waals surface area contributed by atoms with E-state index in [1.54, 1.807) is 19.9 Å². The molecule has 0 aliphatic heterocycles. The van der Waals surface area contributed by atoms with Crippen molar-refractivity contribution in [3.63, 3.8) is 0 Å². The van der Waals surface area contributed by atoms with Crippen LogP contribution in [-0.4, -0.2) is 5.11 Å². The smallest absolute Gasteiger partial charge is 0.142 e. The predicted octanol–water partition coefficient (Wildman–Crippen LogP) is 4.32. The summed E-state index contributed by atoms with van der Waals surface area (Å²) in [4.78, 5) is 0. The average Bonchev–Trinajstić information content (AvgIpc) is 2.31. The van der Waals surface area contributed by atoms with Crippen molar-refractivity contribution in [1.29, 1.82) is 0 Å². The average molecular weight is 283 g/mol. The Bertz CT molecular complexity index is 603. The molecule has 1 nitrogen and oxygen atoms in total. The van der Waals surface area contributed by atoms with Crippen LogP contribution in [0.4, 0.5) is 8.78 Å². The Labute approximate surface area is 115 Å². The van der Waals surface area contributed by atoms with Crippen LogP contribution < -0.4 is 0 Å². The summed E-state index contributed by atoms with van der Waals surface area (Å²) >= 11 is 5.86. The zero-order chi connectivity index (χ0) is 14.2. The summed E-state index contributed by atoms with van der Waals surface area (Å²) < 4.78 is 26.7. The van der Waals surface area contributed by atoms with Gasteiger partial charge in [0.1, 0.15) is 17.7 Å². The third kappa shape index (κ3) is 2.62. The van der Waals surface area contributed by atoms with Crippen molar-refractivity contribution in [2.75, 3.05) is 0 Å². The maximum atomic E-state index is 13.4. The Balaban J connectivity index is 2.56. The zero-order valence-electron chi connectivity index (χ0n) is 10.5. The third-order valence-electron chi connectivity index (χ3n) is 3.11. The number of benzene rings is 2. The molecule has 2 aromatic rings. The Morgan fingerprint density at radius 2 is 1.68 bits per heavy atom. The fraction of sp³-hybridized carbons (Fsp3) is 0.200.